The van der Waals surface area contributed by atoms with E-state index in [4.69, 9.17) is 9.73 Å². The van der Waals surface area contributed by atoms with Gasteiger partial charge in [-0.25, -0.2) is 4.99 Å². The summed E-state index contributed by atoms with van der Waals surface area (Å²) in [5.41, 5.74) is 3.63. The van der Waals surface area contributed by atoms with E-state index in [0.29, 0.717) is 6.73 Å². The number of aliphatic imine (C=N–C) groups is 1. The van der Waals surface area contributed by atoms with Crippen LogP contribution in [-0.4, -0.2) is 55.1 Å². The highest BCUT2D eigenvalue weighted by atomic mass is 79.9. The summed E-state index contributed by atoms with van der Waals surface area (Å²) in [5, 5.41) is 4.56. The molecule has 4 rings (SSSR count). The maximum absolute atomic E-state index is 6.27. The predicted octanol–water partition coefficient (Wildman–Crippen LogP) is 5.94. The van der Waals surface area contributed by atoms with Gasteiger partial charge in [0.1, 0.15) is 12.8 Å². The van der Waals surface area contributed by atoms with Crippen LogP contribution in [0.25, 0.3) is 0 Å². The molecule has 0 amide bonds. The second kappa shape index (κ2) is 9.61. The number of hydrogen-bond acceptors (Lipinski definition) is 5. The molecule has 1 atom stereocenters. The maximum atomic E-state index is 6.27. The molecular formula is C24H35BrN4OSi. The number of rotatable bonds is 7. The number of allylic oxidation sites excluding steroid dienone is 1. The lowest BCUT2D eigenvalue weighted by Crippen LogP contribution is -2.40. The molecule has 1 unspecified atom stereocenters. The van der Waals surface area contributed by atoms with Crippen LogP contribution < -0.4 is 0 Å². The fraction of sp³-hybridized carbons (Fsp3) is 0.542. The molecule has 0 radical (unpaired) electrons. The highest BCUT2D eigenvalue weighted by molar-refractivity contribution is 9.12. The summed E-state index contributed by atoms with van der Waals surface area (Å²) in [6, 6.07) is 12.1. The molecule has 0 aliphatic carbocycles. The van der Waals surface area contributed by atoms with E-state index in [1.807, 2.05) is 0 Å². The fourth-order valence-corrected chi connectivity index (χ4v) is 5.41. The lowest BCUT2D eigenvalue weighted by atomic mass is 10.0. The molecule has 1 aromatic carbocycles. The van der Waals surface area contributed by atoms with Crippen LogP contribution in [0.1, 0.15) is 37.8 Å². The molecule has 3 aliphatic rings. The summed E-state index contributed by atoms with van der Waals surface area (Å²) in [6.45, 7) is 12.8. The number of nitrogens with zero attached hydrogens (tertiary/aromatic N) is 4. The normalized spacial score (nSPS) is 22.5. The maximum Gasteiger partial charge on any atom is 0.169 e. The van der Waals surface area contributed by atoms with Gasteiger partial charge in [0.2, 0.25) is 0 Å². The summed E-state index contributed by atoms with van der Waals surface area (Å²) < 4.78 is 7.30. The average Bonchev–Trinajstić information content (AvgIpc) is 3.05. The van der Waals surface area contributed by atoms with Crippen molar-refractivity contribution in [2.24, 2.45) is 4.99 Å². The Balaban J connectivity index is 1.69. The van der Waals surface area contributed by atoms with Crippen molar-refractivity contribution in [3.8, 4) is 0 Å². The third-order valence-electron chi connectivity index (χ3n) is 6.17. The van der Waals surface area contributed by atoms with Crippen LogP contribution in [0, 0.1) is 0 Å². The van der Waals surface area contributed by atoms with Crippen molar-refractivity contribution in [1.29, 1.82) is 0 Å². The molecule has 0 spiro atoms. The number of halogens is 1. The van der Waals surface area contributed by atoms with E-state index >= 15 is 0 Å². The van der Waals surface area contributed by atoms with Gasteiger partial charge in [0, 0.05) is 34.0 Å². The third kappa shape index (κ3) is 5.16. The van der Waals surface area contributed by atoms with E-state index in [1.54, 1.807) is 0 Å². The lowest BCUT2D eigenvalue weighted by Gasteiger charge is -2.36. The summed E-state index contributed by atoms with van der Waals surface area (Å²) in [4.78, 5) is 7.62. The zero-order valence-electron chi connectivity index (χ0n) is 19.3. The van der Waals surface area contributed by atoms with Crippen LogP contribution in [0.3, 0.4) is 0 Å². The molecule has 1 aromatic rings. The summed E-state index contributed by atoms with van der Waals surface area (Å²) in [7, 11) is -1.13. The van der Waals surface area contributed by atoms with E-state index in [9.17, 15) is 0 Å². The van der Waals surface area contributed by atoms with Crippen molar-refractivity contribution in [2.45, 2.75) is 57.9 Å². The number of piperidine rings is 1. The van der Waals surface area contributed by atoms with Crippen LogP contribution >= 0.6 is 15.9 Å². The van der Waals surface area contributed by atoms with Gasteiger partial charge in [0.25, 0.3) is 0 Å². The zero-order valence-corrected chi connectivity index (χ0v) is 21.9. The van der Waals surface area contributed by atoms with Crippen molar-refractivity contribution in [2.75, 3.05) is 26.4 Å². The van der Waals surface area contributed by atoms with Crippen LogP contribution in [0.4, 0.5) is 0 Å². The van der Waals surface area contributed by atoms with Gasteiger partial charge in [-0.3, -0.25) is 5.01 Å². The van der Waals surface area contributed by atoms with Gasteiger partial charge in [-0.1, -0.05) is 50.0 Å². The number of benzene rings is 1. The molecule has 3 heterocycles. The Hall–Kier alpha value is -1.41. The van der Waals surface area contributed by atoms with Gasteiger partial charge < -0.3 is 9.64 Å². The fourth-order valence-electron chi connectivity index (χ4n) is 4.37. The highest BCUT2D eigenvalue weighted by Crippen LogP contribution is 2.45. The Morgan fingerprint density at radius 1 is 1.10 bits per heavy atom. The smallest absolute Gasteiger partial charge is 0.169 e. The Labute approximate surface area is 196 Å². The quantitative estimate of drug-likeness (QED) is 0.341. The van der Waals surface area contributed by atoms with Gasteiger partial charge >= 0.3 is 0 Å². The van der Waals surface area contributed by atoms with Crippen LogP contribution in [0.2, 0.25) is 25.7 Å². The first kappa shape index (κ1) is 22.8. The number of ether oxygens (including phenoxy) is 1. The molecule has 0 saturated carbocycles. The number of likely N-dealkylation sites (tertiary alicyclic amines) is 1. The SMILES string of the molecule is CC1=NC2=C(N3CCCCC3)C(c3ccccc3)N(COCC[Si](C)(C)C)N2C=C1Br. The van der Waals surface area contributed by atoms with Gasteiger partial charge in [-0.15, -0.1) is 0 Å². The number of hydrazine groups is 1. The van der Waals surface area contributed by atoms with Crippen LogP contribution in [0.15, 0.2) is 57.5 Å². The molecule has 1 fully saturated rings. The van der Waals surface area contributed by atoms with E-state index in [0.717, 1.165) is 35.7 Å². The van der Waals surface area contributed by atoms with E-state index in [1.165, 1.54) is 36.6 Å². The van der Waals surface area contributed by atoms with Crippen molar-refractivity contribution in [3.63, 3.8) is 0 Å². The van der Waals surface area contributed by atoms with Gasteiger partial charge in [0.05, 0.1) is 15.9 Å². The standard InChI is InChI=1S/C24H35BrN4OSi/c1-19-21(25)17-28-24(26-19)23(27-13-9-6-10-14-27)22(20-11-7-5-8-12-20)29(28)18-30-15-16-31(2,3)4/h5,7-8,11-12,17,22H,6,9-10,13-16,18H2,1-4H3. The average molecular weight is 504 g/mol. The first-order chi connectivity index (χ1) is 14.8. The Bertz CT molecular complexity index is 871. The Morgan fingerprint density at radius 3 is 2.48 bits per heavy atom. The summed E-state index contributed by atoms with van der Waals surface area (Å²) in [5.74, 6) is 1.05. The van der Waals surface area contributed by atoms with Crippen molar-refractivity contribution >= 4 is 29.7 Å². The monoisotopic (exact) mass is 502 g/mol. The highest BCUT2D eigenvalue weighted by Gasteiger charge is 2.43. The van der Waals surface area contributed by atoms with Gasteiger partial charge in [-0.2, -0.15) is 5.01 Å². The molecule has 0 aromatic heterocycles. The zero-order chi connectivity index (χ0) is 22.0. The topological polar surface area (TPSA) is 31.3 Å². The first-order valence-corrected chi connectivity index (χ1v) is 16.0. The molecule has 5 nitrogen and oxygen atoms in total. The molecule has 1 saturated heterocycles. The van der Waals surface area contributed by atoms with Crippen molar-refractivity contribution in [1.82, 2.24) is 14.9 Å². The third-order valence-corrected chi connectivity index (χ3v) is 8.65. The predicted molar refractivity (Wildman–Crippen MR) is 134 cm³/mol. The van der Waals surface area contributed by atoms with Crippen LogP contribution in [0.5, 0.6) is 0 Å². The number of fused-ring (bicyclic) bond motifs is 1. The summed E-state index contributed by atoms with van der Waals surface area (Å²) in [6.07, 6.45) is 5.96. The molecule has 0 bridgehead atoms. The molecular weight excluding hydrogens is 468 g/mol. The molecule has 0 N–H and O–H groups in total. The van der Waals surface area contributed by atoms with E-state index in [-0.39, 0.29) is 6.04 Å². The molecule has 31 heavy (non-hydrogen) atoms. The Morgan fingerprint density at radius 2 is 1.81 bits per heavy atom. The van der Waals surface area contributed by atoms with E-state index < -0.39 is 8.07 Å². The number of hydrogen-bond donors (Lipinski definition) is 0. The van der Waals surface area contributed by atoms with Crippen LogP contribution in [-0.2, 0) is 4.74 Å². The Kier molecular flexibility index (Phi) is 7.06. The lowest BCUT2D eigenvalue weighted by molar-refractivity contribution is -0.0685. The first-order valence-electron chi connectivity index (χ1n) is 11.5. The largest absolute Gasteiger partial charge is 0.370 e. The molecule has 3 aliphatic heterocycles. The van der Waals surface area contributed by atoms with Crippen molar-refractivity contribution < 1.29 is 4.74 Å². The van der Waals surface area contributed by atoms with Crippen molar-refractivity contribution in [3.05, 3.63) is 58.1 Å². The van der Waals surface area contributed by atoms with Gasteiger partial charge in [-0.05, 0) is 53.7 Å². The minimum absolute atomic E-state index is 0.104. The molecule has 7 heteroatoms. The molecule has 168 valence electrons. The minimum atomic E-state index is -1.13. The van der Waals surface area contributed by atoms with Gasteiger partial charge in [0.15, 0.2) is 5.82 Å². The summed E-state index contributed by atoms with van der Waals surface area (Å²) >= 11 is 3.71. The second-order valence-electron chi connectivity index (χ2n) is 9.88. The van der Waals surface area contributed by atoms with E-state index in [2.05, 4.69) is 93.9 Å². The second-order valence-corrected chi connectivity index (χ2v) is 16.4. The minimum Gasteiger partial charge on any atom is -0.370 e.